The van der Waals surface area contributed by atoms with E-state index in [4.69, 9.17) is 16.0 Å². The Morgan fingerprint density at radius 3 is 2.54 bits per heavy atom. The van der Waals surface area contributed by atoms with Crippen molar-refractivity contribution < 1.29 is 14.0 Å². The second kappa shape index (κ2) is 8.31. The smallest absolute Gasteiger partial charge is 0.297 e. The van der Waals surface area contributed by atoms with E-state index < -0.39 is 6.04 Å². The number of hydrogen-bond acceptors (Lipinski definition) is 5. The first kappa shape index (κ1) is 19.7. The molecule has 7 nitrogen and oxygen atoms in total. The molecule has 0 radical (unpaired) electrons. The van der Waals surface area contributed by atoms with Crippen LogP contribution < -0.4 is 15.5 Å². The third kappa shape index (κ3) is 4.80. The number of carbonyl (C=O) groups excluding carboxylic acids is 2. The zero-order chi connectivity index (χ0) is 20.3. The van der Waals surface area contributed by atoms with Gasteiger partial charge in [0.15, 0.2) is 5.58 Å². The number of benzene rings is 2. The lowest BCUT2D eigenvalue weighted by Gasteiger charge is -2.18. The van der Waals surface area contributed by atoms with E-state index in [0.29, 0.717) is 27.8 Å². The molecule has 1 heterocycles. The minimum Gasteiger partial charge on any atom is -0.423 e. The molecule has 146 valence electrons. The van der Waals surface area contributed by atoms with Crippen molar-refractivity contribution in [3.63, 3.8) is 0 Å². The molecule has 0 bridgehead atoms. The lowest BCUT2D eigenvalue weighted by atomic mass is 10.0. The molecule has 3 aromatic rings. The van der Waals surface area contributed by atoms with Crippen molar-refractivity contribution in [2.75, 3.05) is 24.3 Å². The highest BCUT2D eigenvalue weighted by Gasteiger charge is 2.18. The molecule has 0 spiro atoms. The first-order valence-corrected chi connectivity index (χ1v) is 9.10. The highest BCUT2D eigenvalue weighted by molar-refractivity contribution is 6.30. The maximum atomic E-state index is 12.6. The molecule has 0 saturated heterocycles. The number of aromatic nitrogens is 1. The molecule has 3 rings (SSSR count). The van der Waals surface area contributed by atoms with Gasteiger partial charge in [-0.3, -0.25) is 9.59 Å². The molecule has 0 aliphatic heterocycles. The topological polar surface area (TPSA) is 87.5 Å². The van der Waals surface area contributed by atoms with Crippen molar-refractivity contribution >= 4 is 46.2 Å². The summed E-state index contributed by atoms with van der Waals surface area (Å²) in [6.07, 6.45) is 0.0843. The number of oxazole rings is 1. The molecule has 2 amide bonds. The van der Waals surface area contributed by atoms with Gasteiger partial charge in [0.05, 0.1) is 12.5 Å². The Morgan fingerprint density at radius 1 is 1.18 bits per heavy atom. The van der Waals surface area contributed by atoms with Crippen LogP contribution in [0.5, 0.6) is 0 Å². The van der Waals surface area contributed by atoms with Gasteiger partial charge in [0.2, 0.25) is 11.8 Å². The fourth-order valence-corrected chi connectivity index (χ4v) is 2.90. The number of hydrogen-bond donors (Lipinski definition) is 2. The monoisotopic (exact) mass is 400 g/mol. The molecular weight excluding hydrogens is 380 g/mol. The summed E-state index contributed by atoms with van der Waals surface area (Å²) >= 11 is 5.92. The van der Waals surface area contributed by atoms with Gasteiger partial charge in [-0.25, -0.2) is 0 Å². The van der Waals surface area contributed by atoms with Gasteiger partial charge in [0.1, 0.15) is 5.52 Å². The summed E-state index contributed by atoms with van der Waals surface area (Å²) < 4.78 is 5.61. The zero-order valence-electron chi connectivity index (χ0n) is 15.8. The first-order chi connectivity index (χ1) is 13.3. The van der Waals surface area contributed by atoms with Crippen molar-refractivity contribution in [2.24, 2.45) is 0 Å². The molecular formula is C20H21ClN4O3. The van der Waals surface area contributed by atoms with E-state index in [1.54, 1.807) is 47.4 Å². The Hall–Kier alpha value is -3.06. The van der Waals surface area contributed by atoms with Crippen molar-refractivity contribution in [3.05, 3.63) is 53.1 Å². The van der Waals surface area contributed by atoms with E-state index in [9.17, 15) is 9.59 Å². The van der Waals surface area contributed by atoms with Crippen LogP contribution in [0.3, 0.4) is 0 Å². The van der Waals surface area contributed by atoms with E-state index >= 15 is 0 Å². The average Bonchev–Trinajstić information content (AvgIpc) is 3.05. The van der Waals surface area contributed by atoms with Gasteiger partial charge in [-0.15, -0.1) is 0 Å². The average molecular weight is 401 g/mol. The van der Waals surface area contributed by atoms with Crippen LogP contribution in [-0.2, 0) is 9.59 Å². The van der Waals surface area contributed by atoms with E-state index in [1.165, 1.54) is 6.92 Å². The second-order valence-corrected chi connectivity index (χ2v) is 7.07. The van der Waals surface area contributed by atoms with Crippen LogP contribution in [0.4, 0.5) is 11.7 Å². The van der Waals surface area contributed by atoms with E-state index in [2.05, 4.69) is 15.6 Å². The van der Waals surface area contributed by atoms with Gasteiger partial charge < -0.3 is 20.0 Å². The summed E-state index contributed by atoms with van der Waals surface area (Å²) in [6, 6.07) is 12.3. The van der Waals surface area contributed by atoms with Gasteiger partial charge >= 0.3 is 0 Å². The molecule has 0 aliphatic carbocycles. The number of nitrogens with zero attached hydrogens (tertiary/aromatic N) is 2. The van der Waals surface area contributed by atoms with Crippen molar-refractivity contribution in [2.45, 2.75) is 19.4 Å². The fraction of sp³-hybridized carbons (Fsp3) is 0.250. The van der Waals surface area contributed by atoms with Crippen LogP contribution in [0, 0.1) is 0 Å². The van der Waals surface area contributed by atoms with E-state index in [1.807, 2.05) is 14.1 Å². The molecule has 0 aliphatic rings. The normalized spacial score (nSPS) is 11.9. The van der Waals surface area contributed by atoms with Gasteiger partial charge in [0.25, 0.3) is 6.01 Å². The maximum absolute atomic E-state index is 12.6. The van der Waals surface area contributed by atoms with Crippen LogP contribution in [0.1, 0.15) is 24.9 Å². The predicted molar refractivity (Wildman–Crippen MR) is 110 cm³/mol. The number of nitrogens with one attached hydrogen (secondary N) is 2. The minimum absolute atomic E-state index is 0.0843. The Kier molecular flexibility index (Phi) is 5.84. The summed E-state index contributed by atoms with van der Waals surface area (Å²) in [6.45, 7) is 1.42. The van der Waals surface area contributed by atoms with E-state index in [-0.39, 0.29) is 18.2 Å². The van der Waals surface area contributed by atoms with Gasteiger partial charge in [-0.05, 0) is 35.9 Å². The quantitative estimate of drug-likeness (QED) is 0.657. The molecule has 2 N–H and O–H groups in total. The summed E-state index contributed by atoms with van der Waals surface area (Å²) in [7, 11) is 3.68. The van der Waals surface area contributed by atoms with Crippen molar-refractivity contribution in [1.82, 2.24) is 10.3 Å². The summed E-state index contributed by atoms with van der Waals surface area (Å²) in [5.74, 6) is -0.447. The van der Waals surface area contributed by atoms with Crippen LogP contribution >= 0.6 is 11.6 Å². The van der Waals surface area contributed by atoms with E-state index in [0.717, 1.165) is 5.56 Å². The van der Waals surface area contributed by atoms with Crippen LogP contribution in [0.25, 0.3) is 11.1 Å². The van der Waals surface area contributed by atoms with Crippen molar-refractivity contribution in [1.29, 1.82) is 0 Å². The zero-order valence-corrected chi connectivity index (χ0v) is 16.6. The predicted octanol–water partition coefficient (Wildman–Crippen LogP) is 3.75. The molecule has 0 fully saturated rings. The number of fused-ring (bicyclic) bond motifs is 1. The lowest BCUT2D eigenvalue weighted by Crippen LogP contribution is -2.29. The Labute approximate surface area is 167 Å². The third-order valence-electron chi connectivity index (χ3n) is 4.08. The summed E-state index contributed by atoms with van der Waals surface area (Å²) in [5, 5.41) is 6.24. The largest absolute Gasteiger partial charge is 0.423 e. The Morgan fingerprint density at radius 2 is 1.89 bits per heavy atom. The first-order valence-electron chi connectivity index (χ1n) is 8.72. The standard InChI is InChI=1S/C20H21ClN4O3/c1-12(26)22-16(13-4-6-14(21)7-5-13)11-19(27)23-15-8-9-18-17(10-15)24-20(28-18)25(2)3/h4-10,16H,11H2,1-3H3,(H,22,26)(H,23,27). The second-order valence-electron chi connectivity index (χ2n) is 6.63. The number of anilines is 2. The Balaban J connectivity index is 1.74. The molecule has 28 heavy (non-hydrogen) atoms. The molecule has 1 unspecified atom stereocenters. The number of carbonyl (C=O) groups is 2. The van der Waals surface area contributed by atoms with Gasteiger partial charge in [0, 0.05) is 31.7 Å². The molecule has 8 heteroatoms. The highest BCUT2D eigenvalue weighted by atomic mass is 35.5. The number of amides is 2. The minimum atomic E-state index is -0.453. The maximum Gasteiger partial charge on any atom is 0.297 e. The fourth-order valence-electron chi connectivity index (χ4n) is 2.77. The molecule has 1 aromatic heterocycles. The van der Waals surface area contributed by atoms with Gasteiger partial charge in [-0.1, -0.05) is 23.7 Å². The van der Waals surface area contributed by atoms with Gasteiger partial charge in [-0.2, -0.15) is 4.98 Å². The summed E-state index contributed by atoms with van der Waals surface area (Å²) in [5.41, 5.74) is 2.70. The summed E-state index contributed by atoms with van der Waals surface area (Å²) in [4.78, 5) is 30.2. The molecule has 2 aromatic carbocycles. The molecule has 0 saturated carbocycles. The van der Waals surface area contributed by atoms with Crippen LogP contribution in [0.2, 0.25) is 5.02 Å². The SMILES string of the molecule is CC(=O)NC(CC(=O)Nc1ccc2oc(N(C)C)nc2c1)c1ccc(Cl)cc1. The Bertz CT molecular complexity index is 998. The third-order valence-corrected chi connectivity index (χ3v) is 4.33. The van der Waals surface area contributed by atoms with Crippen LogP contribution in [-0.4, -0.2) is 30.9 Å². The number of halogens is 1. The lowest BCUT2D eigenvalue weighted by molar-refractivity contribution is -0.120. The highest BCUT2D eigenvalue weighted by Crippen LogP contribution is 2.25. The van der Waals surface area contributed by atoms with Crippen LogP contribution in [0.15, 0.2) is 46.9 Å². The number of rotatable bonds is 6. The van der Waals surface area contributed by atoms with Crippen molar-refractivity contribution in [3.8, 4) is 0 Å². The molecule has 1 atom stereocenters.